The van der Waals surface area contributed by atoms with Gasteiger partial charge in [-0.05, 0) is 43.7 Å². The van der Waals surface area contributed by atoms with E-state index >= 15 is 0 Å². The summed E-state index contributed by atoms with van der Waals surface area (Å²) in [6, 6.07) is 13.3. The van der Waals surface area contributed by atoms with Crippen molar-refractivity contribution in [2.45, 2.75) is 20.5 Å². The first-order chi connectivity index (χ1) is 13.0. The minimum atomic E-state index is -0.617. The van der Waals surface area contributed by atoms with Crippen molar-refractivity contribution < 1.29 is 24.2 Å². The van der Waals surface area contributed by atoms with E-state index in [1.807, 2.05) is 31.2 Å². The van der Waals surface area contributed by atoms with Crippen LogP contribution in [0, 0.1) is 6.92 Å². The number of phenolic OH excluding ortho intramolecular Hbond substituents is 1. The third-order valence-electron chi connectivity index (χ3n) is 4.13. The maximum Gasteiger partial charge on any atom is 0.340 e. The Morgan fingerprint density at radius 1 is 1.04 bits per heavy atom. The zero-order valence-corrected chi connectivity index (χ0v) is 15.1. The van der Waals surface area contributed by atoms with Gasteiger partial charge in [0, 0.05) is 5.39 Å². The van der Waals surface area contributed by atoms with Crippen LogP contribution in [0.3, 0.4) is 0 Å². The number of ether oxygens (including phenoxy) is 2. The smallest absolute Gasteiger partial charge is 0.340 e. The number of esters is 2. The first-order valence-electron chi connectivity index (χ1n) is 8.52. The number of carbonyl (C=O) groups excluding carboxylic acids is 2. The van der Waals surface area contributed by atoms with Gasteiger partial charge in [-0.1, -0.05) is 24.3 Å². The quantitative estimate of drug-likeness (QED) is 0.693. The summed E-state index contributed by atoms with van der Waals surface area (Å²) >= 11 is 0. The van der Waals surface area contributed by atoms with E-state index in [0.29, 0.717) is 16.8 Å². The van der Waals surface area contributed by atoms with Gasteiger partial charge >= 0.3 is 11.9 Å². The van der Waals surface area contributed by atoms with Crippen molar-refractivity contribution in [1.82, 2.24) is 4.98 Å². The average molecular weight is 365 g/mol. The van der Waals surface area contributed by atoms with Crippen molar-refractivity contribution in [2.24, 2.45) is 0 Å². The summed E-state index contributed by atoms with van der Waals surface area (Å²) in [5, 5.41) is 10.3. The maximum absolute atomic E-state index is 12.5. The number of nitrogens with zero attached hydrogens (tertiary/aromatic N) is 1. The predicted octanol–water partition coefficient (Wildman–Crippen LogP) is 3.78. The number of rotatable bonds is 5. The lowest BCUT2D eigenvalue weighted by molar-refractivity contribution is 0.0444. The van der Waals surface area contributed by atoms with Crippen molar-refractivity contribution in [2.75, 3.05) is 6.61 Å². The molecule has 0 unspecified atom stereocenters. The molecule has 2 aromatic carbocycles. The van der Waals surface area contributed by atoms with Crippen LogP contribution < -0.4 is 0 Å². The molecular weight excluding hydrogens is 346 g/mol. The fourth-order valence-electron chi connectivity index (χ4n) is 2.87. The fourth-order valence-corrected chi connectivity index (χ4v) is 2.87. The van der Waals surface area contributed by atoms with Crippen LogP contribution >= 0.6 is 0 Å². The fraction of sp³-hybridized carbons (Fsp3) is 0.190. The standard InChI is InChI=1S/C21H19NO5/c1-3-26-21(25)19-13(2)16-9-4-5-10-17(16)22-18(19)12-27-20(24)14-7-6-8-15(23)11-14/h4-11,23H,3,12H2,1-2H3. The topological polar surface area (TPSA) is 85.7 Å². The predicted molar refractivity (Wildman–Crippen MR) is 99.7 cm³/mol. The molecule has 0 spiro atoms. The van der Waals surface area contributed by atoms with Gasteiger partial charge in [0.05, 0.1) is 28.9 Å². The molecule has 6 heteroatoms. The number of carbonyl (C=O) groups is 2. The second-order valence-electron chi connectivity index (χ2n) is 5.92. The lowest BCUT2D eigenvalue weighted by atomic mass is 10.0. The minimum absolute atomic E-state index is 0.0312. The molecule has 0 amide bonds. The van der Waals surface area contributed by atoms with Gasteiger partial charge in [0.2, 0.25) is 0 Å². The molecule has 0 aliphatic heterocycles. The number of aromatic hydroxyl groups is 1. The van der Waals surface area contributed by atoms with Crippen LogP contribution in [-0.2, 0) is 16.1 Å². The van der Waals surface area contributed by atoms with Crippen LogP contribution in [0.2, 0.25) is 0 Å². The minimum Gasteiger partial charge on any atom is -0.508 e. The van der Waals surface area contributed by atoms with E-state index in [4.69, 9.17) is 9.47 Å². The van der Waals surface area contributed by atoms with E-state index < -0.39 is 11.9 Å². The van der Waals surface area contributed by atoms with E-state index in [0.717, 1.165) is 10.9 Å². The van der Waals surface area contributed by atoms with E-state index in [9.17, 15) is 14.7 Å². The van der Waals surface area contributed by atoms with Gasteiger partial charge in [0.1, 0.15) is 12.4 Å². The van der Waals surface area contributed by atoms with E-state index in [1.165, 1.54) is 18.2 Å². The zero-order valence-electron chi connectivity index (χ0n) is 15.1. The van der Waals surface area contributed by atoms with Gasteiger partial charge < -0.3 is 14.6 Å². The molecule has 3 aromatic rings. The Bertz CT molecular complexity index is 1010. The summed E-state index contributed by atoms with van der Waals surface area (Å²) in [5.41, 5.74) is 2.27. The molecule has 0 bridgehead atoms. The summed E-state index contributed by atoms with van der Waals surface area (Å²) in [4.78, 5) is 29.2. The highest BCUT2D eigenvalue weighted by molar-refractivity contribution is 5.98. The van der Waals surface area contributed by atoms with Crippen LogP contribution in [0.4, 0.5) is 0 Å². The lowest BCUT2D eigenvalue weighted by Crippen LogP contribution is -2.15. The molecule has 0 saturated heterocycles. The highest BCUT2D eigenvalue weighted by Crippen LogP contribution is 2.24. The van der Waals surface area contributed by atoms with Crippen LogP contribution in [0.1, 0.15) is 38.9 Å². The lowest BCUT2D eigenvalue weighted by Gasteiger charge is -2.14. The van der Waals surface area contributed by atoms with E-state index in [1.54, 1.807) is 13.0 Å². The molecule has 0 aliphatic carbocycles. The number of benzene rings is 2. The Morgan fingerprint density at radius 3 is 2.56 bits per heavy atom. The van der Waals surface area contributed by atoms with Crippen LogP contribution in [0.5, 0.6) is 5.75 Å². The Balaban J connectivity index is 1.95. The summed E-state index contributed by atoms with van der Waals surface area (Å²) in [7, 11) is 0. The Labute approximate surface area is 156 Å². The average Bonchev–Trinajstić information content (AvgIpc) is 2.66. The molecule has 6 nitrogen and oxygen atoms in total. The second-order valence-corrected chi connectivity index (χ2v) is 5.92. The van der Waals surface area contributed by atoms with Gasteiger partial charge in [-0.3, -0.25) is 0 Å². The summed E-state index contributed by atoms with van der Waals surface area (Å²) < 4.78 is 10.5. The Morgan fingerprint density at radius 2 is 1.81 bits per heavy atom. The highest BCUT2D eigenvalue weighted by atomic mass is 16.5. The summed E-state index contributed by atoms with van der Waals surface area (Å²) in [6.07, 6.45) is 0. The van der Waals surface area contributed by atoms with Crippen molar-refractivity contribution in [3.05, 3.63) is 70.9 Å². The number of para-hydroxylation sites is 1. The van der Waals surface area contributed by atoms with Crippen molar-refractivity contribution in [3.63, 3.8) is 0 Å². The number of phenols is 1. The van der Waals surface area contributed by atoms with Gasteiger partial charge in [-0.15, -0.1) is 0 Å². The molecule has 1 heterocycles. The third kappa shape index (κ3) is 3.89. The molecular formula is C21H19NO5. The van der Waals surface area contributed by atoms with E-state index in [2.05, 4.69) is 4.98 Å². The Kier molecular flexibility index (Phi) is 5.35. The van der Waals surface area contributed by atoms with Gasteiger partial charge in [-0.2, -0.15) is 0 Å². The summed E-state index contributed by atoms with van der Waals surface area (Å²) in [5.74, 6) is -1.15. The maximum atomic E-state index is 12.5. The number of fused-ring (bicyclic) bond motifs is 1. The van der Waals surface area contributed by atoms with E-state index in [-0.39, 0.29) is 24.5 Å². The molecule has 1 N–H and O–H groups in total. The number of pyridine rings is 1. The normalized spacial score (nSPS) is 10.6. The summed E-state index contributed by atoms with van der Waals surface area (Å²) in [6.45, 7) is 3.59. The first kappa shape index (κ1) is 18.4. The monoisotopic (exact) mass is 365 g/mol. The zero-order chi connectivity index (χ0) is 19.4. The molecule has 27 heavy (non-hydrogen) atoms. The number of hydrogen-bond donors (Lipinski definition) is 1. The highest BCUT2D eigenvalue weighted by Gasteiger charge is 2.21. The molecule has 0 radical (unpaired) electrons. The molecule has 0 aliphatic rings. The second kappa shape index (κ2) is 7.86. The van der Waals surface area contributed by atoms with Gasteiger partial charge in [0.25, 0.3) is 0 Å². The molecule has 1 aromatic heterocycles. The SMILES string of the molecule is CCOC(=O)c1c(COC(=O)c2cccc(O)c2)nc2ccccc2c1C. The van der Waals surface area contributed by atoms with Crippen molar-refractivity contribution in [3.8, 4) is 5.75 Å². The first-order valence-corrected chi connectivity index (χ1v) is 8.52. The largest absolute Gasteiger partial charge is 0.508 e. The van der Waals surface area contributed by atoms with Crippen LogP contribution in [0.15, 0.2) is 48.5 Å². The van der Waals surface area contributed by atoms with Crippen molar-refractivity contribution in [1.29, 1.82) is 0 Å². The number of hydrogen-bond acceptors (Lipinski definition) is 6. The number of aromatic nitrogens is 1. The molecule has 0 atom stereocenters. The van der Waals surface area contributed by atoms with Crippen LogP contribution in [0.25, 0.3) is 10.9 Å². The molecule has 0 saturated carbocycles. The Hall–Kier alpha value is -3.41. The van der Waals surface area contributed by atoms with Crippen molar-refractivity contribution >= 4 is 22.8 Å². The molecule has 138 valence electrons. The van der Waals surface area contributed by atoms with Gasteiger partial charge in [0.15, 0.2) is 0 Å². The molecule has 3 rings (SSSR count). The number of aryl methyl sites for hydroxylation is 1. The third-order valence-corrected chi connectivity index (χ3v) is 4.13. The van der Waals surface area contributed by atoms with Gasteiger partial charge in [-0.25, -0.2) is 14.6 Å². The van der Waals surface area contributed by atoms with Crippen LogP contribution in [-0.4, -0.2) is 28.6 Å². The molecule has 0 fully saturated rings.